The number of nitrogens with zero attached hydrogens (tertiary/aromatic N) is 1. The van der Waals surface area contributed by atoms with E-state index in [1.807, 2.05) is 45.3 Å². The van der Waals surface area contributed by atoms with Gasteiger partial charge < -0.3 is 0 Å². The maximum atomic E-state index is 4.23. The predicted molar refractivity (Wildman–Crippen MR) is 73.7 cm³/mol. The molecule has 0 aliphatic heterocycles. The van der Waals surface area contributed by atoms with Gasteiger partial charge in [0.05, 0.1) is 0 Å². The van der Waals surface area contributed by atoms with Gasteiger partial charge in [0.2, 0.25) is 0 Å². The van der Waals surface area contributed by atoms with Crippen molar-refractivity contribution in [2.45, 2.75) is 40.5 Å². The molecule has 1 heteroatoms. The van der Waals surface area contributed by atoms with Crippen LogP contribution >= 0.6 is 0 Å². The first-order chi connectivity index (χ1) is 7.70. The Bertz CT molecular complexity index is 427. The Morgan fingerprint density at radius 3 is 2.31 bits per heavy atom. The SMILES string of the molecule is C=C/C=c1/c(C(C)C)cnc/c1=C/C.CC. The van der Waals surface area contributed by atoms with Crippen molar-refractivity contribution < 1.29 is 0 Å². The smallest absolute Gasteiger partial charge is 0.0343 e. The summed E-state index contributed by atoms with van der Waals surface area (Å²) >= 11 is 0. The first-order valence-electron chi connectivity index (χ1n) is 5.93. The van der Waals surface area contributed by atoms with E-state index in [1.54, 1.807) is 0 Å². The highest BCUT2D eigenvalue weighted by Crippen LogP contribution is 2.05. The van der Waals surface area contributed by atoms with E-state index >= 15 is 0 Å². The van der Waals surface area contributed by atoms with Gasteiger partial charge in [-0.1, -0.05) is 52.5 Å². The van der Waals surface area contributed by atoms with Gasteiger partial charge in [0, 0.05) is 12.4 Å². The lowest BCUT2D eigenvalue weighted by Crippen LogP contribution is -2.29. The number of rotatable bonds is 2. The minimum atomic E-state index is 0.494. The van der Waals surface area contributed by atoms with Gasteiger partial charge in [-0.2, -0.15) is 0 Å². The van der Waals surface area contributed by atoms with Crippen molar-refractivity contribution >= 4 is 12.2 Å². The molecule has 16 heavy (non-hydrogen) atoms. The van der Waals surface area contributed by atoms with Crippen molar-refractivity contribution in [2.24, 2.45) is 0 Å². The van der Waals surface area contributed by atoms with Gasteiger partial charge in [-0.05, 0) is 28.8 Å². The van der Waals surface area contributed by atoms with E-state index in [4.69, 9.17) is 0 Å². The minimum Gasteiger partial charge on any atom is -0.264 e. The van der Waals surface area contributed by atoms with Crippen LogP contribution in [-0.4, -0.2) is 4.98 Å². The lowest BCUT2D eigenvalue weighted by molar-refractivity contribution is 0.847. The van der Waals surface area contributed by atoms with Gasteiger partial charge in [-0.25, -0.2) is 0 Å². The van der Waals surface area contributed by atoms with Gasteiger partial charge in [-0.15, -0.1) is 0 Å². The monoisotopic (exact) mass is 217 g/mol. The quantitative estimate of drug-likeness (QED) is 0.742. The van der Waals surface area contributed by atoms with Crippen molar-refractivity contribution in [2.75, 3.05) is 0 Å². The van der Waals surface area contributed by atoms with Crippen LogP contribution in [0.2, 0.25) is 0 Å². The fraction of sp³-hybridized carbons (Fsp3) is 0.400. The maximum absolute atomic E-state index is 4.23. The topological polar surface area (TPSA) is 12.9 Å². The van der Waals surface area contributed by atoms with Crippen molar-refractivity contribution in [3.63, 3.8) is 0 Å². The molecule has 88 valence electrons. The zero-order chi connectivity index (χ0) is 12.6. The molecule has 0 aliphatic rings. The molecule has 0 aromatic carbocycles. The molecule has 1 aromatic heterocycles. The number of hydrogen-bond acceptors (Lipinski definition) is 1. The maximum Gasteiger partial charge on any atom is 0.0343 e. The summed E-state index contributed by atoms with van der Waals surface area (Å²) in [7, 11) is 0. The summed E-state index contributed by atoms with van der Waals surface area (Å²) in [6.45, 7) is 14.1. The molecule has 0 radical (unpaired) electrons. The number of hydrogen-bond donors (Lipinski definition) is 0. The average molecular weight is 217 g/mol. The lowest BCUT2D eigenvalue weighted by atomic mass is 10.0. The molecule has 0 atom stereocenters. The van der Waals surface area contributed by atoms with Crippen LogP contribution in [-0.2, 0) is 0 Å². The summed E-state index contributed by atoms with van der Waals surface area (Å²) in [6, 6.07) is 0. The van der Waals surface area contributed by atoms with E-state index in [0.29, 0.717) is 5.92 Å². The first kappa shape index (κ1) is 14.6. The van der Waals surface area contributed by atoms with Crippen LogP contribution in [0.1, 0.15) is 46.1 Å². The highest BCUT2D eigenvalue weighted by Gasteiger charge is 2.00. The molecule has 0 spiro atoms. The highest BCUT2D eigenvalue weighted by molar-refractivity contribution is 5.41. The Morgan fingerprint density at radius 1 is 1.25 bits per heavy atom. The summed E-state index contributed by atoms with van der Waals surface area (Å²) in [5.74, 6) is 0.494. The summed E-state index contributed by atoms with van der Waals surface area (Å²) < 4.78 is 0. The number of allylic oxidation sites excluding steroid dienone is 1. The molecule has 0 aliphatic carbocycles. The molecule has 0 fully saturated rings. The van der Waals surface area contributed by atoms with E-state index in [1.165, 1.54) is 16.0 Å². The third-order valence-corrected chi connectivity index (χ3v) is 2.27. The van der Waals surface area contributed by atoms with Gasteiger partial charge in [0.1, 0.15) is 0 Å². The van der Waals surface area contributed by atoms with Crippen LogP contribution in [0, 0.1) is 0 Å². The molecule has 1 rings (SSSR count). The second-order valence-electron chi connectivity index (χ2n) is 3.58. The zero-order valence-corrected chi connectivity index (χ0v) is 11.1. The molecule has 1 nitrogen and oxygen atoms in total. The van der Waals surface area contributed by atoms with Gasteiger partial charge in [-0.3, -0.25) is 4.98 Å². The van der Waals surface area contributed by atoms with Crippen LogP contribution in [0.15, 0.2) is 25.0 Å². The highest BCUT2D eigenvalue weighted by atomic mass is 14.6. The van der Waals surface area contributed by atoms with E-state index in [9.17, 15) is 0 Å². The fourth-order valence-electron chi connectivity index (χ4n) is 1.50. The molecule has 0 saturated carbocycles. The lowest BCUT2D eigenvalue weighted by Gasteiger charge is -2.05. The van der Waals surface area contributed by atoms with Crippen LogP contribution in [0.4, 0.5) is 0 Å². The molecule has 1 aromatic rings. The first-order valence-corrected chi connectivity index (χ1v) is 5.93. The molecule has 0 bridgehead atoms. The van der Waals surface area contributed by atoms with E-state index in [-0.39, 0.29) is 0 Å². The molecular weight excluding hydrogens is 194 g/mol. The van der Waals surface area contributed by atoms with Crippen molar-refractivity contribution in [3.8, 4) is 0 Å². The summed E-state index contributed by atoms with van der Waals surface area (Å²) in [5.41, 5.74) is 1.28. The van der Waals surface area contributed by atoms with Crippen LogP contribution < -0.4 is 10.4 Å². The van der Waals surface area contributed by atoms with Crippen LogP contribution in [0.3, 0.4) is 0 Å². The summed E-state index contributed by atoms with van der Waals surface area (Å²) in [5, 5.41) is 2.42. The molecule has 0 amide bonds. The zero-order valence-electron chi connectivity index (χ0n) is 11.1. The van der Waals surface area contributed by atoms with E-state index in [2.05, 4.69) is 31.5 Å². The van der Waals surface area contributed by atoms with Crippen molar-refractivity contribution in [1.29, 1.82) is 0 Å². The number of pyridine rings is 1. The Morgan fingerprint density at radius 2 is 1.88 bits per heavy atom. The number of aromatic nitrogens is 1. The third-order valence-electron chi connectivity index (χ3n) is 2.27. The fourth-order valence-corrected chi connectivity index (χ4v) is 1.50. The summed E-state index contributed by atoms with van der Waals surface area (Å²) in [6.07, 6.45) is 9.78. The van der Waals surface area contributed by atoms with Crippen molar-refractivity contribution in [1.82, 2.24) is 4.98 Å². The molecule has 0 N–H and O–H groups in total. The second kappa shape index (κ2) is 7.86. The minimum absolute atomic E-state index is 0.494. The largest absolute Gasteiger partial charge is 0.264 e. The average Bonchev–Trinajstić information content (AvgIpc) is 2.32. The molecular formula is C15H23N. The predicted octanol–water partition coefficient (Wildman–Crippen LogP) is 3.00. The normalized spacial score (nSPS) is 12.4. The molecule has 0 unspecified atom stereocenters. The van der Waals surface area contributed by atoms with Gasteiger partial charge in [0.15, 0.2) is 0 Å². The summed E-state index contributed by atoms with van der Waals surface area (Å²) in [4.78, 5) is 4.23. The van der Waals surface area contributed by atoms with E-state index in [0.717, 1.165) is 0 Å². The molecule has 1 heterocycles. The van der Waals surface area contributed by atoms with E-state index < -0.39 is 0 Å². The Balaban J connectivity index is 0.00000106. The Hall–Kier alpha value is -1.37. The van der Waals surface area contributed by atoms with Gasteiger partial charge >= 0.3 is 0 Å². The van der Waals surface area contributed by atoms with Gasteiger partial charge in [0.25, 0.3) is 0 Å². The van der Waals surface area contributed by atoms with Crippen LogP contribution in [0.25, 0.3) is 12.2 Å². The molecule has 0 saturated heterocycles. The standard InChI is InChI=1S/C13H17N.C2H6/c1-5-7-12-11(6-2)8-14-9-13(12)10(3)4;1-2/h5-10H,1H2,2-4H3;1-2H3/b11-6-,12-7+;. The van der Waals surface area contributed by atoms with Crippen molar-refractivity contribution in [3.05, 3.63) is 41.0 Å². The Labute approximate surface area is 99.2 Å². The second-order valence-corrected chi connectivity index (χ2v) is 3.58. The van der Waals surface area contributed by atoms with Crippen LogP contribution in [0.5, 0.6) is 0 Å². The third kappa shape index (κ3) is 3.65. The Kier molecular flexibility index (Phi) is 7.19.